The second kappa shape index (κ2) is 7.80. The van der Waals surface area contributed by atoms with Crippen LogP contribution in [-0.2, 0) is 21.1 Å². The van der Waals surface area contributed by atoms with Crippen LogP contribution in [0.15, 0.2) is 34.9 Å². The maximum absolute atomic E-state index is 12.5. The first-order chi connectivity index (χ1) is 12.4. The lowest BCUT2D eigenvalue weighted by atomic mass is 10.2. The maximum Gasteiger partial charge on any atom is 0.223 e. The highest BCUT2D eigenvalue weighted by Crippen LogP contribution is 2.28. The van der Waals surface area contributed by atoms with Gasteiger partial charge in [0, 0.05) is 31.0 Å². The first-order valence-electron chi connectivity index (χ1n) is 8.59. The van der Waals surface area contributed by atoms with E-state index in [1.54, 1.807) is 17.2 Å². The van der Waals surface area contributed by atoms with Crippen molar-refractivity contribution < 1.29 is 17.6 Å². The largest absolute Gasteiger partial charge is 0.441 e. The zero-order chi connectivity index (χ0) is 18.7. The molecule has 1 saturated heterocycles. The molecule has 1 aliphatic rings. The third kappa shape index (κ3) is 4.27. The molecule has 1 fully saturated rings. The number of carbonyl (C=O) groups is 1. The fraction of sp³-hybridized carbons (Fsp3) is 0.444. The SMILES string of the molecule is CCN(C(=O)CCc1ncc(-c2ccccc2Cl)o1)C1CCS(=O)(=O)C1. The normalized spacial score (nSPS) is 18.8. The monoisotopic (exact) mass is 396 g/mol. The van der Waals surface area contributed by atoms with Gasteiger partial charge in [-0.1, -0.05) is 23.7 Å². The highest BCUT2D eigenvalue weighted by Gasteiger charge is 2.33. The summed E-state index contributed by atoms with van der Waals surface area (Å²) >= 11 is 6.15. The number of carbonyl (C=O) groups excluding carboxylic acids is 1. The zero-order valence-corrected chi connectivity index (χ0v) is 16.1. The third-order valence-corrected chi connectivity index (χ3v) is 6.64. The van der Waals surface area contributed by atoms with E-state index in [2.05, 4.69) is 4.98 Å². The molecule has 1 atom stereocenters. The molecule has 1 aromatic heterocycles. The summed E-state index contributed by atoms with van der Waals surface area (Å²) in [6, 6.07) is 7.10. The molecule has 1 aliphatic heterocycles. The molecule has 2 heterocycles. The van der Waals surface area contributed by atoms with Crippen LogP contribution >= 0.6 is 11.6 Å². The van der Waals surface area contributed by atoms with Crippen molar-refractivity contribution in [1.82, 2.24) is 9.88 Å². The minimum atomic E-state index is -3.02. The highest BCUT2D eigenvalue weighted by atomic mass is 35.5. The molecule has 0 N–H and O–H groups in total. The van der Waals surface area contributed by atoms with Crippen LogP contribution in [-0.4, -0.2) is 48.3 Å². The van der Waals surface area contributed by atoms with Crippen LogP contribution in [0, 0.1) is 0 Å². The summed E-state index contributed by atoms with van der Waals surface area (Å²) in [5.41, 5.74) is 0.755. The predicted octanol–water partition coefficient (Wildman–Crippen LogP) is 2.96. The van der Waals surface area contributed by atoms with E-state index in [-0.39, 0.29) is 29.9 Å². The van der Waals surface area contributed by atoms with Gasteiger partial charge in [-0.3, -0.25) is 4.79 Å². The van der Waals surface area contributed by atoms with E-state index in [1.807, 2.05) is 25.1 Å². The number of amides is 1. The molecule has 1 aromatic carbocycles. The number of rotatable bonds is 6. The molecule has 0 radical (unpaired) electrons. The van der Waals surface area contributed by atoms with Gasteiger partial charge in [0.05, 0.1) is 22.7 Å². The minimum absolute atomic E-state index is 0.0578. The van der Waals surface area contributed by atoms with Crippen molar-refractivity contribution in [1.29, 1.82) is 0 Å². The first-order valence-corrected chi connectivity index (χ1v) is 10.8. The second-order valence-corrected chi connectivity index (χ2v) is 8.97. The average molecular weight is 397 g/mol. The van der Waals surface area contributed by atoms with Gasteiger partial charge in [0.25, 0.3) is 0 Å². The van der Waals surface area contributed by atoms with Crippen LogP contribution in [0.4, 0.5) is 0 Å². The number of benzene rings is 1. The molecule has 26 heavy (non-hydrogen) atoms. The first kappa shape index (κ1) is 18.9. The molecule has 2 aromatic rings. The molecule has 0 spiro atoms. The Kier molecular flexibility index (Phi) is 5.67. The highest BCUT2D eigenvalue weighted by molar-refractivity contribution is 7.91. The maximum atomic E-state index is 12.5. The second-order valence-electron chi connectivity index (χ2n) is 6.33. The molecule has 0 bridgehead atoms. The van der Waals surface area contributed by atoms with Gasteiger partial charge in [-0.2, -0.15) is 0 Å². The fourth-order valence-electron chi connectivity index (χ4n) is 3.23. The minimum Gasteiger partial charge on any atom is -0.441 e. The van der Waals surface area contributed by atoms with Gasteiger partial charge in [-0.05, 0) is 25.5 Å². The Balaban J connectivity index is 1.62. The molecule has 8 heteroatoms. The van der Waals surface area contributed by atoms with E-state index in [1.165, 1.54) is 0 Å². The molecule has 0 saturated carbocycles. The summed E-state index contributed by atoms with van der Waals surface area (Å²) in [7, 11) is -3.02. The van der Waals surface area contributed by atoms with Crippen molar-refractivity contribution in [3.05, 3.63) is 41.4 Å². The van der Waals surface area contributed by atoms with Gasteiger partial charge < -0.3 is 9.32 Å². The number of hydrogen-bond acceptors (Lipinski definition) is 5. The topological polar surface area (TPSA) is 80.5 Å². The van der Waals surface area contributed by atoms with Gasteiger partial charge in [-0.25, -0.2) is 13.4 Å². The molecular formula is C18H21ClN2O4S. The summed E-state index contributed by atoms with van der Waals surface area (Å²) in [5, 5.41) is 0.575. The lowest BCUT2D eigenvalue weighted by Crippen LogP contribution is -2.41. The Labute approximate surface area is 158 Å². The van der Waals surface area contributed by atoms with Crippen molar-refractivity contribution in [3.63, 3.8) is 0 Å². The van der Waals surface area contributed by atoms with Crippen LogP contribution in [0.2, 0.25) is 5.02 Å². The Morgan fingerprint density at radius 1 is 1.38 bits per heavy atom. The number of aromatic nitrogens is 1. The molecular weight excluding hydrogens is 376 g/mol. The summed E-state index contributed by atoms with van der Waals surface area (Å²) in [6.07, 6.45) is 2.70. The number of nitrogens with zero attached hydrogens (tertiary/aromatic N) is 2. The molecule has 3 rings (SSSR count). The van der Waals surface area contributed by atoms with Crippen molar-refractivity contribution >= 4 is 27.3 Å². The van der Waals surface area contributed by atoms with Crippen LogP contribution in [0.5, 0.6) is 0 Å². The van der Waals surface area contributed by atoms with Crippen molar-refractivity contribution in [2.45, 2.75) is 32.2 Å². The van der Waals surface area contributed by atoms with E-state index in [0.717, 1.165) is 5.56 Å². The molecule has 140 valence electrons. The predicted molar refractivity (Wildman–Crippen MR) is 99.7 cm³/mol. The Morgan fingerprint density at radius 3 is 2.81 bits per heavy atom. The van der Waals surface area contributed by atoms with Crippen LogP contribution in [0.1, 0.15) is 25.7 Å². The van der Waals surface area contributed by atoms with Gasteiger partial charge in [-0.15, -0.1) is 0 Å². The standard InChI is InChI=1S/C18H21ClN2O4S/c1-2-21(13-9-10-26(23,24)12-13)18(22)8-7-17-20-11-16(25-17)14-5-3-4-6-15(14)19/h3-6,11,13H,2,7-10,12H2,1H3. The van der Waals surface area contributed by atoms with E-state index in [9.17, 15) is 13.2 Å². The number of oxazole rings is 1. The number of halogens is 1. The number of sulfone groups is 1. The molecule has 6 nitrogen and oxygen atoms in total. The van der Waals surface area contributed by atoms with Crippen molar-refractivity contribution in [2.75, 3.05) is 18.1 Å². The van der Waals surface area contributed by atoms with Crippen LogP contribution < -0.4 is 0 Å². The van der Waals surface area contributed by atoms with Crippen molar-refractivity contribution in [2.24, 2.45) is 0 Å². The fourth-order valence-corrected chi connectivity index (χ4v) is 5.19. The lowest BCUT2D eigenvalue weighted by Gasteiger charge is -2.26. The summed E-state index contributed by atoms with van der Waals surface area (Å²) in [5.74, 6) is 1.16. The Bertz CT molecular complexity index is 894. The van der Waals surface area contributed by atoms with E-state index >= 15 is 0 Å². The van der Waals surface area contributed by atoms with Gasteiger partial charge in [0.2, 0.25) is 5.91 Å². The summed E-state index contributed by atoms with van der Waals surface area (Å²) in [4.78, 5) is 18.4. The van der Waals surface area contributed by atoms with E-state index in [0.29, 0.717) is 36.1 Å². The molecule has 1 unspecified atom stereocenters. The smallest absolute Gasteiger partial charge is 0.223 e. The van der Waals surface area contributed by atoms with E-state index in [4.69, 9.17) is 16.0 Å². The Morgan fingerprint density at radius 2 is 2.15 bits per heavy atom. The quantitative estimate of drug-likeness (QED) is 0.749. The van der Waals surface area contributed by atoms with Crippen LogP contribution in [0.25, 0.3) is 11.3 Å². The van der Waals surface area contributed by atoms with Gasteiger partial charge in [0.15, 0.2) is 21.5 Å². The molecule has 1 amide bonds. The van der Waals surface area contributed by atoms with Gasteiger partial charge in [0.1, 0.15) is 0 Å². The summed E-state index contributed by atoms with van der Waals surface area (Å²) < 4.78 is 29.0. The summed E-state index contributed by atoms with van der Waals surface area (Å²) in [6.45, 7) is 2.36. The third-order valence-electron chi connectivity index (χ3n) is 4.56. The van der Waals surface area contributed by atoms with Gasteiger partial charge >= 0.3 is 0 Å². The number of hydrogen-bond donors (Lipinski definition) is 0. The van der Waals surface area contributed by atoms with Crippen molar-refractivity contribution in [3.8, 4) is 11.3 Å². The molecule has 0 aliphatic carbocycles. The zero-order valence-electron chi connectivity index (χ0n) is 14.5. The van der Waals surface area contributed by atoms with E-state index < -0.39 is 9.84 Å². The van der Waals surface area contributed by atoms with Crippen LogP contribution in [0.3, 0.4) is 0 Å². The Hall–Kier alpha value is -1.86. The average Bonchev–Trinajstić information content (AvgIpc) is 3.21. The number of aryl methyl sites for hydroxylation is 1. The lowest BCUT2D eigenvalue weighted by molar-refractivity contribution is -0.132.